The molecule has 0 aliphatic carbocycles. The maximum Gasteiger partial charge on any atom is 0.224 e. The molecule has 1 amide bonds. The molecule has 0 aliphatic heterocycles. The first-order valence-corrected chi connectivity index (χ1v) is 6.58. The van der Waals surface area contributed by atoms with Gasteiger partial charge >= 0.3 is 0 Å². The van der Waals surface area contributed by atoms with E-state index in [0.717, 1.165) is 11.1 Å². The molecule has 0 bridgehead atoms. The van der Waals surface area contributed by atoms with Crippen molar-refractivity contribution in [2.45, 2.75) is 19.9 Å². The third kappa shape index (κ3) is 4.11. The SMILES string of the molecule is Cc1ccccc1CNC(=O)Cc1cccc(Cl)c1. The van der Waals surface area contributed by atoms with Gasteiger partial charge in [-0.25, -0.2) is 0 Å². The number of hydrogen-bond acceptors (Lipinski definition) is 1. The van der Waals surface area contributed by atoms with Gasteiger partial charge in [0.1, 0.15) is 0 Å². The Balaban J connectivity index is 1.90. The second-order valence-electron chi connectivity index (χ2n) is 4.51. The Morgan fingerprint density at radius 3 is 2.68 bits per heavy atom. The minimum atomic E-state index is 0.00511. The number of carbonyl (C=O) groups excluding carboxylic acids is 1. The minimum absolute atomic E-state index is 0.00511. The van der Waals surface area contributed by atoms with Crippen molar-refractivity contribution in [1.82, 2.24) is 5.32 Å². The topological polar surface area (TPSA) is 29.1 Å². The van der Waals surface area contributed by atoms with Gasteiger partial charge in [0, 0.05) is 11.6 Å². The number of rotatable bonds is 4. The minimum Gasteiger partial charge on any atom is -0.352 e. The number of benzene rings is 2. The van der Waals surface area contributed by atoms with E-state index in [1.54, 1.807) is 6.07 Å². The molecule has 0 radical (unpaired) electrons. The normalized spacial score (nSPS) is 10.2. The summed E-state index contributed by atoms with van der Waals surface area (Å²) in [4.78, 5) is 11.9. The maximum absolute atomic E-state index is 11.9. The third-order valence-corrected chi connectivity index (χ3v) is 3.23. The van der Waals surface area contributed by atoms with Crippen LogP contribution in [0.5, 0.6) is 0 Å². The van der Waals surface area contributed by atoms with Crippen molar-refractivity contribution in [3.63, 3.8) is 0 Å². The van der Waals surface area contributed by atoms with Gasteiger partial charge in [0.2, 0.25) is 5.91 Å². The van der Waals surface area contributed by atoms with Crippen molar-refractivity contribution in [3.05, 3.63) is 70.2 Å². The standard InChI is InChI=1S/C16H16ClNO/c1-12-5-2-3-7-14(12)11-18-16(19)10-13-6-4-8-15(17)9-13/h2-9H,10-11H2,1H3,(H,18,19). The monoisotopic (exact) mass is 273 g/mol. The van der Waals surface area contributed by atoms with Crippen molar-refractivity contribution in [1.29, 1.82) is 0 Å². The lowest BCUT2D eigenvalue weighted by Gasteiger charge is -2.08. The van der Waals surface area contributed by atoms with E-state index in [-0.39, 0.29) is 5.91 Å². The second kappa shape index (κ2) is 6.39. The lowest BCUT2D eigenvalue weighted by molar-refractivity contribution is -0.120. The van der Waals surface area contributed by atoms with E-state index in [4.69, 9.17) is 11.6 Å². The Labute approximate surface area is 118 Å². The first-order chi connectivity index (χ1) is 9.15. The molecule has 2 rings (SSSR count). The molecule has 2 aromatic carbocycles. The van der Waals surface area contributed by atoms with Crippen LogP contribution in [-0.4, -0.2) is 5.91 Å². The lowest BCUT2D eigenvalue weighted by Crippen LogP contribution is -2.24. The molecule has 0 aromatic heterocycles. The van der Waals surface area contributed by atoms with Crippen LogP contribution in [0.3, 0.4) is 0 Å². The largest absolute Gasteiger partial charge is 0.352 e. The Bertz CT molecular complexity index is 580. The molecule has 1 N–H and O–H groups in total. The average molecular weight is 274 g/mol. The molecular weight excluding hydrogens is 258 g/mol. The van der Waals surface area contributed by atoms with E-state index >= 15 is 0 Å². The van der Waals surface area contributed by atoms with Gasteiger partial charge in [-0.15, -0.1) is 0 Å². The van der Waals surface area contributed by atoms with Crippen molar-refractivity contribution >= 4 is 17.5 Å². The van der Waals surface area contributed by atoms with Crippen LogP contribution < -0.4 is 5.32 Å². The zero-order valence-corrected chi connectivity index (χ0v) is 11.6. The highest BCUT2D eigenvalue weighted by Gasteiger charge is 2.04. The Morgan fingerprint density at radius 2 is 1.95 bits per heavy atom. The summed E-state index contributed by atoms with van der Waals surface area (Å²) in [5.74, 6) is 0.00511. The van der Waals surface area contributed by atoms with Crippen molar-refractivity contribution < 1.29 is 4.79 Å². The van der Waals surface area contributed by atoms with Gasteiger partial charge in [-0.05, 0) is 35.7 Å². The summed E-state index contributed by atoms with van der Waals surface area (Å²) in [6, 6.07) is 15.4. The quantitative estimate of drug-likeness (QED) is 0.907. The number of halogens is 1. The molecule has 0 spiro atoms. The summed E-state index contributed by atoms with van der Waals surface area (Å²) in [6.07, 6.45) is 0.354. The summed E-state index contributed by atoms with van der Waals surface area (Å²) in [7, 11) is 0. The van der Waals surface area contributed by atoms with Crippen LogP contribution in [0.15, 0.2) is 48.5 Å². The average Bonchev–Trinajstić information content (AvgIpc) is 2.38. The van der Waals surface area contributed by atoms with Crippen LogP contribution in [0.1, 0.15) is 16.7 Å². The molecule has 0 aliphatic rings. The van der Waals surface area contributed by atoms with Crippen LogP contribution in [0.2, 0.25) is 5.02 Å². The number of carbonyl (C=O) groups is 1. The maximum atomic E-state index is 11.9. The van der Waals surface area contributed by atoms with Gasteiger partial charge in [-0.3, -0.25) is 4.79 Å². The van der Waals surface area contributed by atoms with Crippen LogP contribution >= 0.6 is 11.6 Å². The molecular formula is C16H16ClNO. The summed E-state index contributed by atoms with van der Waals surface area (Å²) in [5, 5.41) is 3.58. The van der Waals surface area contributed by atoms with Gasteiger partial charge < -0.3 is 5.32 Å². The van der Waals surface area contributed by atoms with Gasteiger partial charge in [0.15, 0.2) is 0 Å². The van der Waals surface area contributed by atoms with Crippen LogP contribution in [-0.2, 0) is 17.8 Å². The predicted octanol–water partition coefficient (Wildman–Crippen LogP) is 3.51. The van der Waals surface area contributed by atoms with Crippen LogP contribution in [0.4, 0.5) is 0 Å². The molecule has 19 heavy (non-hydrogen) atoms. The van der Waals surface area contributed by atoms with E-state index < -0.39 is 0 Å². The van der Waals surface area contributed by atoms with E-state index in [9.17, 15) is 4.79 Å². The van der Waals surface area contributed by atoms with E-state index in [1.807, 2.05) is 49.4 Å². The van der Waals surface area contributed by atoms with Crippen molar-refractivity contribution in [2.24, 2.45) is 0 Å². The van der Waals surface area contributed by atoms with E-state index in [1.165, 1.54) is 5.56 Å². The fraction of sp³-hybridized carbons (Fsp3) is 0.188. The highest BCUT2D eigenvalue weighted by atomic mass is 35.5. The number of amides is 1. The van der Waals surface area contributed by atoms with Gasteiger partial charge in [-0.1, -0.05) is 48.0 Å². The van der Waals surface area contributed by atoms with Crippen LogP contribution in [0, 0.1) is 6.92 Å². The third-order valence-electron chi connectivity index (χ3n) is 2.99. The smallest absolute Gasteiger partial charge is 0.224 e. The predicted molar refractivity (Wildman–Crippen MR) is 78.2 cm³/mol. The number of aryl methyl sites for hydroxylation is 1. The van der Waals surface area contributed by atoms with Crippen LogP contribution in [0.25, 0.3) is 0 Å². The van der Waals surface area contributed by atoms with Gasteiger partial charge in [0.25, 0.3) is 0 Å². The van der Waals surface area contributed by atoms with Gasteiger partial charge in [-0.2, -0.15) is 0 Å². The molecule has 2 nitrogen and oxygen atoms in total. The molecule has 0 fully saturated rings. The molecule has 3 heteroatoms. The Morgan fingerprint density at radius 1 is 1.16 bits per heavy atom. The fourth-order valence-electron chi connectivity index (χ4n) is 1.90. The first kappa shape index (κ1) is 13.6. The molecule has 0 saturated carbocycles. The molecule has 0 saturated heterocycles. The molecule has 0 unspecified atom stereocenters. The Hall–Kier alpha value is -1.80. The molecule has 0 heterocycles. The highest BCUT2D eigenvalue weighted by Crippen LogP contribution is 2.11. The Kier molecular flexibility index (Phi) is 4.58. The summed E-state index contributed by atoms with van der Waals surface area (Å²) >= 11 is 5.89. The zero-order chi connectivity index (χ0) is 13.7. The molecule has 98 valence electrons. The van der Waals surface area contributed by atoms with E-state index in [2.05, 4.69) is 5.32 Å². The fourth-order valence-corrected chi connectivity index (χ4v) is 2.11. The van der Waals surface area contributed by atoms with Crippen molar-refractivity contribution in [3.8, 4) is 0 Å². The summed E-state index contributed by atoms with van der Waals surface area (Å²) < 4.78 is 0. The summed E-state index contributed by atoms with van der Waals surface area (Å²) in [6.45, 7) is 2.60. The molecule has 0 atom stereocenters. The first-order valence-electron chi connectivity index (χ1n) is 6.21. The second-order valence-corrected chi connectivity index (χ2v) is 4.95. The number of nitrogens with one attached hydrogen (secondary N) is 1. The number of hydrogen-bond donors (Lipinski definition) is 1. The highest BCUT2D eigenvalue weighted by molar-refractivity contribution is 6.30. The van der Waals surface area contributed by atoms with Crippen molar-refractivity contribution in [2.75, 3.05) is 0 Å². The molecule has 2 aromatic rings. The van der Waals surface area contributed by atoms with E-state index in [0.29, 0.717) is 18.0 Å². The van der Waals surface area contributed by atoms with Gasteiger partial charge in [0.05, 0.1) is 6.42 Å². The summed E-state index contributed by atoms with van der Waals surface area (Å²) in [5.41, 5.74) is 3.25. The lowest BCUT2D eigenvalue weighted by atomic mass is 10.1. The zero-order valence-electron chi connectivity index (χ0n) is 10.8.